The van der Waals surface area contributed by atoms with E-state index in [1.807, 2.05) is 19.9 Å². The summed E-state index contributed by atoms with van der Waals surface area (Å²) in [5.41, 5.74) is 10.2. The standard InChI is InChI=1S/C33H45N3O8/c1-5-39-30-43-27-26(35-36-34)18(2)41-29(28(27)44-30)42-21-10-13-31(3)20(16-21)7-8-24-23(31)11-14-32(4)22(12-15-33(24,32)38)19-6-9-25(37)40-17-19/h6,9,16-18,21-24,26-30,38H,5,7-8,10-15H2,1-4H3/t18-,21-,22+,23?,24?,26-,27+,28+,29?,30?,31-,32+,33-/m0/s1. The maximum atomic E-state index is 12.5. The lowest BCUT2D eigenvalue weighted by molar-refractivity contribution is -0.276. The second-order valence-electron chi connectivity index (χ2n) is 14.3. The molecule has 1 N–H and O–H groups in total. The van der Waals surface area contributed by atoms with Gasteiger partial charge in [0.1, 0.15) is 12.2 Å². The lowest BCUT2D eigenvalue weighted by atomic mass is 9.45. The molecule has 0 spiro atoms. The van der Waals surface area contributed by atoms with E-state index in [0.29, 0.717) is 12.5 Å². The SMILES string of the molecule is CCOC1O[C@@H]2[C@@H](N=[N+]=[N-])[C@H](C)OC(O[C@@H]3C=C4CCC5C(CC[C@]6(C)[C@@H](c7ccc(=O)oc7)CC[C@]56O)[C@@]4(C)CC3)[C@@H]2O1. The molecule has 11 heteroatoms. The predicted octanol–water partition coefficient (Wildman–Crippen LogP) is 5.71. The third kappa shape index (κ3) is 4.62. The summed E-state index contributed by atoms with van der Waals surface area (Å²) in [6.45, 7) is 7.97. The van der Waals surface area contributed by atoms with Gasteiger partial charge in [0.2, 0.25) is 0 Å². The summed E-state index contributed by atoms with van der Waals surface area (Å²) in [5.74, 6) is 0.797. The van der Waals surface area contributed by atoms with Crippen molar-refractivity contribution >= 4 is 0 Å². The number of rotatable bonds is 6. The number of azide groups is 1. The van der Waals surface area contributed by atoms with Crippen LogP contribution in [0.3, 0.4) is 0 Å². The molecule has 240 valence electrons. The molecule has 11 nitrogen and oxygen atoms in total. The van der Waals surface area contributed by atoms with Crippen LogP contribution >= 0.6 is 0 Å². The molecule has 1 aromatic heterocycles. The van der Waals surface area contributed by atoms with Crippen LogP contribution in [0.5, 0.6) is 0 Å². The monoisotopic (exact) mass is 611 g/mol. The first-order chi connectivity index (χ1) is 21.1. The summed E-state index contributed by atoms with van der Waals surface area (Å²) >= 11 is 0. The third-order valence-electron chi connectivity index (χ3n) is 12.5. The molecular formula is C33H45N3O8. The lowest BCUT2D eigenvalue weighted by Crippen LogP contribution is -2.60. The summed E-state index contributed by atoms with van der Waals surface area (Å²) in [6.07, 6.45) is 8.97. The van der Waals surface area contributed by atoms with E-state index < -0.39 is 42.7 Å². The van der Waals surface area contributed by atoms with Gasteiger partial charge < -0.3 is 33.2 Å². The van der Waals surface area contributed by atoms with Crippen molar-refractivity contribution in [2.45, 2.75) is 134 Å². The zero-order chi connectivity index (χ0) is 30.9. The van der Waals surface area contributed by atoms with Crippen LogP contribution in [-0.4, -0.2) is 60.5 Å². The molecule has 0 aromatic carbocycles. The van der Waals surface area contributed by atoms with Crippen molar-refractivity contribution in [2.75, 3.05) is 6.61 Å². The number of aliphatic hydroxyl groups is 1. The van der Waals surface area contributed by atoms with E-state index in [9.17, 15) is 9.90 Å². The summed E-state index contributed by atoms with van der Waals surface area (Å²) in [6, 6.07) is 2.85. The molecule has 2 aliphatic heterocycles. The molecule has 2 saturated heterocycles. The highest BCUT2D eigenvalue weighted by Gasteiger charge is 2.67. The van der Waals surface area contributed by atoms with E-state index in [2.05, 4.69) is 29.9 Å². The molecule has 0 amide bonds. The van der Waals surface area contributed by atoms with Crippen LogP contribution in [0.1, 0.15) is 90.5 Å². The van der Waals surface area contributed by atoms with Crippen molar-refractivity contribution in [1.29, 1.82) is 0 Å². The Morgan fingerprint density at radius 1 is 1.07 bits per heavy atom. The highest BCUT2D eigenvalue weighted by molar-refractivity contribution is 5.31. The second-order valence-corrected chi connectivity index (χ2v) is 14.3. The van der Waals surface area contributed by atoms with Crippen LogP contribution < -0.4 is 5.63 Å². The number of fused-ring (bicyclic) bond motifs is 6. The van der Waals surface area contributed by atoms with Gasteiger partial charge in [-0.05, 0) is 106 Å². The Morgan fingerprint density at radius 3 is 2.64 bits per heavy atom. The average molecular weight is 612 g/mol. The third-order valence-corrected chi connectivity index (χ3v) is 12.5. The van der Waals surface area contributed by atoms with Crippen LogP contribution in [0.15, 0.2) is 44.4 Å². The molecule has 13 atom stereocenters. The van der Waals surface area contributed by atoms with Crippen molar-refractivity contribution < 1.29 is 33.2 Å². The van der Waals surface area contributed by atoms with Crippen molar-refractivity contribution in [3.8, 4) is 0 Å². The van der Waals surface area contributed by atoms with Crippen molar-refractivity contribution in [3.05, 3.63) is 56.5 Å². The molecule has 4 unspecified atom stereocenters. The van der Waals surface area contributed by atoms with Crippen molar-refractivity contribution in [2.24, 2.45) is 27.8 Å². The number of ether oxygens (including phenoxy) is 5. The maximum absolute atomic E-state index is 12.5. The van der Waals surface area contributed by atoms with Gasteiger partial charge in [-0.25, -0.2) is 4.79 Å². The van der Waals surface area contributed by atoms with Crippen LogP contribution in [0.25, 0.3) is 10.4 Å². The van der Waals surface area contributed by atoms with Gasteiger partial charge >= 0.3 is 5.63 Å². The number of hydrogen-bond donors (Lipinski definition) is 1. The van der Waals surface area contributed by atoms with E-state index in [1.165, 1.54) is 11.6 Å². The zero-order valence-electron chi connectivity index (χ0n) is 26.1. The largest absolute Gasteiger partial charge is 0.431 e. The minimum Gasteiger partial charge on any atom is -0.431 e. The molecule has 0 bridgehead atoms. The molecule has 7 rings (SSSR count). The number of allylic oxidation sites excluding steroid dienone is 1. The summed E-state index contributed by atoms with van der Waals surface area (Å²) < 4.78 is 35.7. The first-order valence-corrected chi connectivity index (χ1v) is 16.4. The van der Waals surface area contributed by atoms with Crippen molar-refractivity contribution in [3.63, 3.8) is 0 Å². The lowest BCUT2D eigenvalue weighted by Gasteiger charge is -2.62. The minimum atomic E-state index is -0.854. The fraction of sp³-hybridized carbons (Fsp3) is 0.788. The quantitative estimate of drug-likeness (QED) is 0.186. The average Bonchev–Trinajstić information content (AvgIpc) is 3.54. The van der Waals surface area contributed by atoms with Gasteiger partial charge in [-0.3, -0.25) is 0 Å². The molecule has 3 saturated carbocycles. The fourth-order valence-corrected chi connectivity index (χ4v) is 10.2. The highest BCUT2D eigenvalue weighted by atomic mass is 16.9. The molecule has 44 heavy (non-hydrogen) atoms. The first kappa shape index (κ1) is 30.4. The van der Waals surface area contributed by atoms with E-state index in [0.717, 1.165) is 56.9 Å². The summed E-state index contributed by atoms with van der Waals surface area (Å²) in [5, 5.41) is 16.5. The van der Waals surface area contributed by atoms with E-state index in [-0.39, 0.29) is 34.4 Å². The first-order valence-electron chi connectivity index (χ1n) is 16.4. The van der Waals surface area contributed by atoms with Gasteiger partial charge in [0.15, 0.2) is 6.29 Å². The molecule has 6 aliphatic rings. The Labute approximate surface area is 257 Å². The second kappa shape index (κ2) is 11.2. The van der Waals surface area contributed by atoms with Gasteiger partial charge in [0.25, 0.3) is 6.48 Å². The van der Waals surface area contributed by atoms with Gasteiger partial charge in [0, 0.05) is 23.0 Å². The van der Waals surface area contributed by atoms with E-state index in [4.69, 9.17) is 33.6 Å². The molecule has 1 aromatic rings. The Kier molecular flexibility index (Phi) is 7.76. The number of nitrogens with zero attached hydrogens (tertiary/aromatic N) is 3. The van der Waals surface area contributed by atoms with Crippen LogP contribution in [0.2, 0.25) is 0 Å². The predicted molar refractivity (Wildman–Crippen MR) is 158 cm³/mol. The van der Waals surface area contributed by atoms with E-state index >= 15 is 0 Å². The van der Waals surface area contributed by atoms with Crippen molar-refractivity contribution in [1.82, 2.24) is 0 Å². The van der Waals surface area contributed by atoms with Gasteiger partial charge in [0.05, 0.1) is 30.1 Å². The zero-order valence-corrected chi connectivity index (χ0v) is 26.1. The fourth-order valence-electron chi connectivity index (χ4n) is 10.2. The highest BCUT2D eigenvalue weighted by Crippen LogP contribution is 2.70. The Bertz CT molecular complexity index is 1370. The minimum absolute atomic E-state index is 0.000346. The molecule has 0 radical (unpaired) electrons. The van der Waals surface area contributed by atoms with Crippen LogP contribution in [0, 0.1) is 22.7 Å². The van der Waals surface area contributed by atoms with Gasteiger partial charge in [-0.2, -0.15) is 0 Å². The summed E-state index contributed by atoms with van der Waals surface area (Å²) in [7, 11) is 0. The Morgan fingerprint density at radius 2 is 1.89 bits per heavy atom. The Balaban J connectivity index is 1.09. The Hall–Kier alpha value is -2.24. The molecule has 3 heterocycles. The topological polar surface area (TPSA) is 145 Å². The number of hydrogen-bond acceptors (Lipinski definition) is 9. The maximum Gasteiger partial charge on any atom is 0.335 e. The molecule has 5 fully saturated rings. The summed E-state index contributed by atoms with van der Waals surface area (Å²) in [4.78, 5) is 14.6. The smallest absolute Gasteiger partial charge is 0.335 e. The van der Waals surface area contributed by atoms with Crippen LogP contribution in [-0.2, 0) is 23.7 Å². The molecule has 4 aliphatic carbocycles. The van der Waals surface area contributed by atoms with E-state index in [1.54, 1.807) is 6.26 Å². The van der Waals surface area contributed by atoms with Gasteiger partial charge in [-0.1, -0.05) is 30.6 Å². The van der Waals surface area contributed by atoms with Gasteiger partial charge in [-0.15, -0.1) is 0 Å². The van der Waals surface area contributed by atoms with Crippen LogP contribution in [0.4, 0.5) is 0 Å². The normalized spacial score (nSPS) is 47.9. The molecular weight excluding hydrogens is 566 g/mol.